The van der Waals surface area contributed by atoms with Crippen molar-refractivity contribution in [3.05, 3.63) is 11.3 Å². The van der Waals surface area contributed by atoms with Crippen LogP contribution in [0.25, 0.3) is 0 Å². The molecule has 0 radical (unpaired) electrons. The molecule has 1 aliphatic carbocycles. The van der Waals surface area contributed by atoms with Crippen LogP contribution in [0.15, 0.2) is 5.03 Å². The minimum Gasteiger partial charge on any atom is -0.392 e. The highest BCUT2D eigenvalue weighted by atomic mass is 32.2. The van der Waals surface area contributed by atoms with Crippen molar-refractivity contribution in [2.75, 3.05) is 0 Å². The van der Waals surface area contributed by atoms with Crippen LogP contribution in [0.1, 0.15) is 43.9 Å². The zero-order valence-corrected chi connectivity index (χ0v) is 12.1. The lowest BCUT2D eigenvalue weighted by Gasteiger charge is -2.28. The highest BCUT2D eigenvalue weighted by Crippen LogP contribution is 2.26. The summed E-state index contributed by atoms with van der Waals surface area (Å²) >= 11 is 0. The van der Waals surface area contributed by atoms with Gasteiger partial charge in [-0.1, -0.05) is 19.8 Å². The predicted molar refractivity (Wildman–Crippen MR) is 71.0 cm³/mol. The number of aliphatic hydroxyl groups excluding tert-OH is 1. The number of aromatic nitrogens is 2. The highest BCUT2D eigenvalue weighted by molar-refractivity contribution is 7.89. The first-order valence-corrected chi connectivity index (χ1v) is 8.11. The van der Waals surface area contributed by atoms with Gasteiger partial charge >= 0.3 is 0 Å². The van der Waals surface area contributed by atoms with Crippen molar-refractivity contribution in [2.45, 2.75) is 57.2 Å². The molecule has 19 heavy (non-hydrogen) atoms. The first-order chi connectivity index (χ1) is 8.95. The summed E-state index contributed by atoms with van der Waals surface area (Å²) in [6.45, 7) is 3.43. The standard InChI is InChI=1S/C12H21N3O3S/c1-8-5-3-4-6-11(8)15-19(17,18)12-10(7-16)9(2)13-14-12/h8,11,15-16H,3-7H2,1-2H3,(H,13,14). The van der Waals surface area contributed by atoms with Crippen molar-refractivity contribution in [1.82, 2.24) is 14.9 Å². The average molecular weight is 287 g/mol. The number of H-pyrrole nitrogens is 1. The minimum atomic E-state index is -3.67. The van der Waals surface area contributed by atoms with Crippen molar-refractivity contribution >= 4 is 10.0 Å². The van der Waals surface area contributed by atoms with Crippen LogP contribution in [-0.2, 0) is 16.6 Å². The van der Waals surface area contributed by atoms with Crippen LogP contribution in [-0.4, -0.2) is 29.8 Å². The Morgan fingerprint density at radius 3 is 2.74 bits per heavy atom. The van der Waals surface area contributed by atoms with Gasteiger partial charge in [0.2, 0.25) is 0 Å². The summed E-state index contributed by atoms with van der Waals surface area (Å²) in [4.78, 5) is 0. The number of aliphatic hydroxyl groups is 1. The first-order valence-electron chi connectivity index (χ1n) is 6.62. The zero-order valence-electron chi connectivity index (χ0n) is 11.3. The van der Waals surface area contributed by atoms with Gasteiger partial charge in [-0.05, 0) is 25.7 Å². The lowest BCUT2D eigenvalue weighted by Crippen LogP contribution is -2.41. The molecule has 7 heteroatoms. The van der Waals surface area contributed by atoms with Crippen LogP contribution in [0.2, 0.25) is 0 Å². The molecule has 2 unspecified atom stereocenters. The summed E-state index contributed by atoms with van der Waals surface area (Å²) in [6, 6.07) is -0.0395. The van der Waals surface area contributed by atoms with Crippen LogP contribution < -0.4 is 4.72 Å². The number of sulfonamides is 1. The molecule has 1 aromatic rings. The number of aromatic amines is 1. The summed E-state index contributed by atoms with van der Waals surface area (Å²) in [5.41, 5.74) is 0.926. The first kappa shape index (κ1) is 14.5. The van der Waals surface area contributed by atoms with E-state index in [-0.39, 0.29) is 17.7 Å². The smallest absolute Gasteiger partial charge is 0.260 e. The fourth-order valence-corrected chi connectivity index (χ4v) is 4.15. The summed E-state index contributed by atoms with van der Waals surface area (Å²) < 4.78 is 27.4. The molecule has 1 aromatic heterocycles. The van der Waals surface area contributed by atoms with Gasteiger partial charge < -0.3 is 5.11 Å². The SMILES string of the molecule is Cc1[nH]nc(S(=O)(=O)NC2CCCCC2C)c1CO. The Labute approximate surface area is 113 Å². The monoisotopic (exact) mass is 287 g/mol. The molecule has 1 heterocycles. The molecule has 6 nitrogen and oxygen atoms in total. The van der Waals surface area contributed by atoms with Crippen LogP contribution in [0.4, 0.5) is 0 Å². The topological polar surface area (TPSA) is 95.1 Å². The molecular weight excluding hydrogens is 266 g/mol. The lowest BCUT2D eigenvalue weighted by atomic mass is 9.87. The van der Waals surface area contributed by atoms with E-state index in [1.807, 2.05) is 0 Å². The Morgan fingerprint density at radius 1 is 1.42 bits per heavy atom. The van der Waals surface area contributed by atoms with E-state index in [1.54, 1.807) is 6.92 Å². The highest BCUT2D eigenvalue weighted by Gasteiger charge is 2.30. The Balaban J connectivity index is 2.22. The molecule has 0 amide bonds. The molecule has 0 spiro atoms. The van der Waals surface area contributed by atoms with Gasteiger partial charge in [0, 0.05) is 17.3 Å². The van der Waals surface area contributed by atoms with E-state index in [2.05, 4.69) is 21.8 Å². The Morgan fingerprint density at radius 2 is 2.11 bits per heavy atom. The van der Waals surface area contributed by atoms with Crippen molar-refractivity contribution in [3.63, 3.8) is 0 Å². The Hall–Kier alpha value is -0.920. The van der Waals surface area contributed by atoms with Gasteiger partial charge in [-0.2, -0.15) is 5.10 Å². The zero-order chi connectivity index (χ0) is 14.0. The second-order valence-electron chi connectivity index (χ2n) is 5.28. The molecule has 0 bridgehead atoms. The van der Waals surface area contributed by atoms with Crippen molar-refractivity contribution in [2.24, 2.45) is 5.92 Å². The maximum atomic E-state index is 12.3. The second kappa shape index (κ2) is 5.60. The molecule has 2 rings (SSSR count). The van der Waals surface area contributed by atoms with E-state index in [4.69, 9.17) is 0 Å². The van der Waals surface area contributed by atoms with Crippen LogP contribution in [0.3, 0.4) is 0 Å². The number of rotatable bonds is 4. The number of aryl methyl sites for hydroxylation is 1. The van der Waals surface area contributed by atoms with Crippen molar-refractivity contribution in [3.8, 4) is 0 Å². The lowest BCUT2D eigenvalue weighted by molar-refractivity contribution is 0.277. The largest absolute Gasteiger partial charge is 0.392 e. The molecule has 1 fully saturated rings. The van der Waals surface area contributed by atoms with Gasteiger partial charge in [0.05, 0.1) is 6.61 Å². The molecule has 2 atom stereocenters. The molecule has 1 aliphatic rings. The van der Waals surface area contributed by atoms with Crippen LogP contribution in [0, 0.1) is 12.8 Å². The maximum Gasteiger partial charge on any atom is 0.260 e. The normalized spacial score (nSPS) is 24.6. The third kappa shape index (κ3) is 2.98. The van der Waals surface area contributed by atoms with Crippen LogP contribution in [0.5, 0.6) is 0 Å². The second-order valence-corrected chi connectivity index (χ2v) is 6.91. The third-order valence-electron chi connectivity index (χ3n) is 3.87. The number of hydrogen-bond donors (Lipinski definition) is 3. The predicted octanol–water partition coefficient (Wildman–Crippen LogP) is 1.07. The van der Waals surface area contributed by atoms with E-state index in [1.165, 1.54) is 0 Å². The van der Waals surface area contributed by atoms with Gasteiger partial charge in [0.25, 0.3) is 10.0 Å². The average Bonchev–Trinajstić information content (AvgIpc) is 2.74. The maximum absolute atomic E-state index is 12.3. The van der Waals surface area contributed by atoms with Crippen molar-refractivity contribution in [1.29, 1.82) is 0 Å². The quantitative estimate of drug-likeness (QED) is 0.772. The summed E-state index contributed by atoms with van der Waals surface area (Å²) in [6.07, 6.45) is 4.10. The Bertz CT molecular complexity index is 538. The molecule has 0 saturated heterocycles. The molecule has 108 valence electrons. The van der Waals surface area contributed by atoms with E-state index in [0.717, 1.165) is 25.7 Å². The summed E-state index contributed by atoms with van der Waals surface area (Å²) in [5, 5.41) is 15.6. The molecule has 0 aliphatic heterocycles. The van der Waals surface area contributed by atoms with E-state index in [0.29, 0.717) is 17.2 Å². The molecular formula is C12H21N3O3S. The van der Waals surface area contributed by atoms with E-state index >= 15 is 0 Å². The summed E-state index contributed by atoms with van der Waals surface area (Å²) in [5.74, 6) is 0.334. The van der Waals surface area contributed by atoms with Crippen LogP contribution >= 0.6 is 0 Å². The fourth-order valence-electron chi connectivity index (χ4n) is 2.58. The summed E-state index contributed by atoms with van der Waals surface area (Å²) in [7, 11) is -3.67. The number of hydrogen-bond acceptors (Lipinski definition) is 4. The van der Waals surface area contributed by atoms with E-state index in [9.17, 15) is 13.5 Å². The minimum absolute atomic E-state index is 0.0395. The molecule has 3 N–H and O–H groups in total. The van der Waals surface area contributed by atoms with E-state index < -0.39 is 10.0 Å². The molecule has 0 aromatic carbocycles. The third-order valence-corrected chi connectivity index (χ3v) is 5.33. The fraction of sp³-hybridized carbons (Fsp3) is 0.750. The van der Waals surface area contributed by atoms with Gasteiger partial charge in [0.15, 0.2) is 5.03 Å². The van der Waals surface area contributed by atoms with Gasteiger partial charge in [-0.25, -0.2) is 13.1 Å². The molecule has 1 saturated carbocycles. The van der Waals surface area contributed by atoms with Crippen molar-refractivity contribution < 1.29 is 13.5 Å². The van der Waals surface area contributed by atoms with Gasteiger partial charge in [-0.15, -0.1) is 0 Å². The number of nitrogens with one attached hydrogen (secondary N) is 2. The van der Waals surface area contributed by atoms with Gasteiger partial charge in [0.1, 0.15) is 0 Å². The van der Waals surface area contributed by atoms with Gasteiger partial charge in [-0.3, -0.25) is 5.10 Å². The number of nitrogens with zero attached hydrogens (tertiary/aromatic N) is 1. The Kier molecular flexibility index (Phi) is 4.27.